The molecule has 0 atom stereocenters. The fourth-order valence-electron chi connectivity index (χ4n) is 2.58. The Hall–Kier alpha value is -3.13. The lowest BCUT2D eigenvalue weighted by molar-refractivity contribution is -0.116. The molecule has 0 aliphatic heterocycles. The van der Waals surface area contributed by atoms with Crippen LogP contribution >= 0.6 is 0 Å². The van der Waals surface area contributed by atoms with E-state index < -0.39 is 0 Å². The van der Waals surface area contributed by atoms with Gasteiger partial charge in [-0.2, -0.15) is 0 Å². The molecule has 2 nitrogen and oxygen atoms in total. The summed E-state index contributed by atoms with van der Waals surface area (Å²) in [6.07, 6.45) is 3.40. The van der Waals surface area contributed by atoms with E-state index in [0.29, 0.717) is 0 Å². The summed E-state index contributed by atoms with van der Waals surface area (Å²) >= 11 is 0. The zero-order chi connectivity index (χ0) is 16.6. The molecule has 1 amide bonds. The smallest absolute Gasteiger partial charge is 0.244 e. The molecular formula is C22H19NO. The molecule has 118 valence electrons. The molecule has 0 radical (unpaired) electrons. The Balaban J connectivity index is 1.80. The van der Waals surface area contributed by atoms with Crippen LogP contribution in [0.5, 0.6) is 0 Å². The lowest BCUT2D eigenvalue weighted by Crippen LogP contribution is -2.27. The van der Waals surface area contributed by atoms with Gasteiger partial charge in [0, 0.05) is 6.08 Å². The van der Waals surface area contributed by atoms with Crippen LogP contribution in [0.25, 0.3) is 6.08 Å². The zero-order valence-corrected chi connectivity index (χ0v) is 13.3. The maximum absolute atomic E-state index is 12.4. The van der Waals surface area contributed by atoms with Crippen molar-refractivity contribution in [1.82, 2.24) is 5.32 Å². The fourth-order valence-corrected chi connectivity index (χ4v) is 2.58. The molecular weight excluding hydrogens is 294 g/mol. The highest BCUT2D eigenvalue weighted by molar-refractivity contribution is 5.92. The van der Waals surface area contributed by atoms with Gasteiger partial charge in [0.15, 0.2) is 0 Å². The van der Waals surface area contributed by atoms with Gasteiger partial charge in [-0.05, 0) is 22.8 Å². The molecule has 0 unspecified atom stereocenters. The second-order valence-corrected chi connectivity index (χ2v) is 5.51. The first-order valence-electron chi connectivity index (χ1n) is 7.96. The SMILES string of the molecule is O=C(C=Cc1ccccc1)NC(c1ccccc1)c1ccccc1. The van der Waals surface area contributed by atoms with E-state index in [2.05, 4.69) is 5.32 Å². The molecule has 0 spiro atoms. The van der Waals surface area contributed by atoms with E-state index in [1.54, 1.807) is 6.08 Å². The molecule has 0 saturated heterocycles. The number of amides is 1. The largest absolute Gasteiger partial charge is 0.342 e. The van der Waals surface area contributed by atoms with Crippen LogP contribution in [0.4, 0.5) is 0 Å². The maximum Gasteiger partial charge on any atom is 0.244 e. The molecule has 0 saturated carbocycles. The van der Waals surface area contributed by atoms with Crippen LogP contribution in [-0.2, 0) is 4.79 Å². The summed E-state index contributed by atoms with van der Waals surface area (Å²) < 4.78 is 0. The quantitative estimate of drug-likeness (QED) is 0.685. The van der Waals surface area contributed by atoms with Crippen molar-refractivity contribution < 1.29 is 4.79 Å². The Morgan fingerprint density at radius 1 is 0.708 bits per heavy atom. The second kappa shape index (κ2) is 7.93. The highest BCUT2D eigenvalue weighted by Gasteiger charge is 2.14. The Kier molecular flexibility index (Phi) is 5.21. The second-order valence-electron chi connectivity index (χ2n) is 5.51. The molecule has 3 aromatic rings. The molecule has 0 bridgehead atoms. The monoisotopic (exact) mass is 313 g/mol. The molecule has 0 aliphatic carbocycles. The highest BCUT2D eigenvalue weighted by atomic mass is 16.1. The van der Waals surface area contributed by atoms with Crippen molar-refractivity contribution in [3.05, 3.63) is 114 Å². The Morgan fingerprint density at radius 2 is 1.17 bits per heavy atom. The molecule has 0 aliphatic rings. The molecule has 0 fully saturated rings. The van der Waals surface area contributed by atoms with Crippen LogP contribution in [0, 0.1) is 0 Å². The van der Waals surface area contributed by atoms with Gasteiger partial charge in [0.2, 0.25) is 5.91 Å². The first kappa shape index (κ1) is 15.8. The van der Waals surface area contributed by atoms with Crippen LogP contribution in [0.3, 0.4) is 0 Å². The molecule has 3 rings (SSSR count). The van der Waals surface area contributed by atoms with E-state index in [-0.39, 0.29) is 11.9 Å². The highest BCUT2D eigenvalue weighted by Crippen LogP contribution is 2.21. The number of carbonyl (C=O) groups excluding carboxylic acids is 1. The van der Waals surface area contributed by atoms with Gasteiger partial charge in [0.05, 0.1) is 6.04 Å². The molecule has 0 aromatic heterocycles. The third kappa shape index (κ3) is 4.20. The number of benzene rings is 3. The lowest BCUT2D eigenvalue weighted by atomic mass is 9.98. The van der Waals surface area contributed by atoms with Crippen LogP contribution in [0.15, 0.2) is 97.1 Å². The number of carbonyl (C=O) groups is 1. The van der Waals surface area contributed by atoms with Crippen molar-refractivity contribution in [1.29, 1.82) is 0 Å². The Bertz CT molecular complexity index is 756. The van der Waals surface area contributed by atoms with E-state index in [1.807, 2.05) is 97.1 Å². The minimum atomic E-state index is -0.166. The first-order valence-corrected chi connectivity index (χ1v) is 7.96. The van der Waals surface area contributed by atoms with Crippen molar-refractivity contribution in [3.63, 3.8) is 0 Å². The van der Waals surface area contributed by atoms with Crippen molar-refractivity contribution in [2.24, 2.45) is 0 Å². The predicted octanol–water partition coefficient (Wildman–Crippen LogP) is 4.61. The van der Waals surface area contributed by atoms with Gasteiger partial charge in [0.25, 0.3) is 0 Å². The fraction of sp³-hybridized carbons (Fsp3) is 0.0455. The number of hydrogen-bond donors (Lipinski definition) is 1. The van der Waals surface area contributed by atoms with Crippen molar-refractivity contribution in [2.45, 2.75) is 6.04 Å². The maximum atomic E-state index is 12.4. The van der Waals surface area contributed by atoms with Gasteiger partial charge in [-0.3, -0.25) is 4.79 Å². The van der Waals surface area contributed by atoms with Crippen LogP contribution in [0.2, 0.25) is 0 Å². The van der Waals surface area contributed by atoms with E-state index >= 15 is 0 Å². The van der Waals surface area contributed by atoms with Crippen molar-refractivity contribution >= 4 is 12.0 Å². The number of hydrogen-bond acceptors (Lipinski definition) is 1. The molecule has 2 heteroatoms. The summed E-state index contributed by atoms with van der Waals surface area (Å²) in [6.45, 7) is 0. The summed E-state index contributed by atoms with van der Waals surface area (Å²) in [6, 6.07) is 29.6. The Labute approximate surface area is 142 Å². The van der Waals surface area contributed by atoms with E-state index in [4.69, 9.17) is 0 Å². The Morgan fingerprint density at radius 3 is 1.67 bits per heavy atom. The summed E-state index contributed by atoms with van der Waals surface area (Å²) in [4.78, 5) is 12.4. The van der Waals surface area contributed by atoms with E-state index in [1.165, 1.54) is 0 Å². The molecule has 24 heavy (non-hydrogen) atoms. The number of rotatable bonds is 5. The third-order valence-corrected chi connectivity index (χ3v) is 3.78. The summed E-state index contributed by atoms with van der Waals surface area (Å²) in [5.74, 6) is -0.114. The van der Waals surface area contributed by atoms with Crippen LogP contribution in [0.1, 0.15) is 22.7 Å². The topological polar surface area (TPSA) is 29.1 Å². The average molecular weight is 313 g/mol. The van der Waals surface area contributed by atoms with E-state index in [0.717, 1.165) is 16.7 Å². The number of nitrogens with one attached hydrogen (secondary N) is 1. The third-order valence-electron chi connectivity index (χ3n) is 3.78. The predicted molar refractivity (Wildman–Crippen MR) is 98.3 cm³/mol. The average Bonchev–Trinajstić information content (AvgIpc) is 2.67. The first-order chi connectivity index (χ1) is 11.8. The van der Waals surface area contributed by atoms with Gasteiger partial charge in [-0.25, -0.2) is 0 Å². The van der Waals surface area contributed by atoms with Gasteiger partial charge >= 0.3 is 0 Å². The summed E-state index contributed by atoms with van der Waals surface area (Å²) in [5, 5.41) is 3.09. The molecule has 0 heterocycles. The summed E-state index contributed by atoms with van der Waals surface area (Å²) in [7, 11) is 0. The minimum Gasteiger partial charge on any atom is -0.342 e. The van der Waals surface area contributed by atoms with Gasteiger partial charge in [-0.15, -0.1) is 0 Å². The van der Waals surface area contributed by atoms with Gasteiger partial charge < -0.3 is 5.32 Å². The van der Waals surface area contributed by atoms with Crippen LogP contribution < -0.4 is 5.32 Å². The normalized spacial score (nSPS) is 10.9. The van der Waals surface area contributed by atoms with E-state index in [9.17, 15) is 4.79 Å². The minimum absolute atomic E-state index is 0.114. The van der Waals surface area contributed by atoms with Gasteiger partial charge in [-0.1, -0.05) is 91.0 Å². The standard InChI is InChI=1S/C22H19NO/c24-21(17-16-18-10-4-1-5-11-18)23-22(19-12-6-2-7-13-19)20-14-8-3-9-15-20/h1-17,22H,(H,23,24). The molecule has 3 aromatic carbocycles. The summed E-state index contributed by atoms with van der Waals surface area (Å²) in [5.41, 5.74) is 3.12. The van der Waals surface area contributed by atoms with Crippen molar-refractivity contribution in [3.8, 4) is 0 Å². The van der Waals surface area contributed by atoms with Crippen LogP contribution in [-0.4, -0.2) is 5.91 Å². The molecule has 1 N–H and O–H groups in total. The van der Waals surface area contributed by atoms with Crippen molar-refractivity contribution in [2.75, 3.05) is 0 Å². The van der Waals surface area contributed by atoms with Gasteiger partial charge in [0.1, 0.15) is 0 Å². The zero-order valence-electron chi connectivity index (χ0n) is 13.3. The lowest BCUT2D eigenvalue weighted by Gasteiger charge is -2.19.